The highest BCUT2D eigenvalue weighted by molar-refractivity contribution is 7.16. The summed E-state index contributed by atoms with van der Waals surface area (Å²) < 4.78 is 0.697. The molecule has 0 saturated carbocycles. The van der Waals surface area contributed by atoms with E-state index in [9.17, 15) is 4.79 Å². The summed E-state index contributed by atoms with van der Waals surface area (Å²) in [6.45, 7) is 1.90. The van der Waals surface area contributed by atoms with Crippen LogP contribution in [0.4, 0.5) is 11.4 Å². The van der Waals surface area contributed by atoms with Crippen LogP contribution in [0.5, 0.6) is 0 Å². The van der Waals surface area contributed by atoms with Crippen molar-refractivity contribution in [3.63, 3.8) is 0 Å². The minimum Gasteiger partial charge on any atom is -0.399 e. The van der Waals surface area contributed by atoms with Crippen LogP contribution in [0.15, 0.2) is 30.3 Å². The number of nitrogens with one attached hydrogen (secondary N) is 1. The van der Waals surface area contributed by atoms with Gasteiger partial charge in [-0.05, 0) is 37.3 Å². The van der Waals surface area contributed by atoms with Crippen LogP contribution in [-0.2, 0) is 0 Å². The van der Waals surface area contributed by atoms with E-state index in [2.05, 4.69) is 5.32 Å². The number of nitrogen functional groups attached to an aromatic ring is 2. The molecule has 0 aliphatic rings. The molecule has 2 aromatic rings. The molecule has 100 valence electrons. The van der Waals surface area contributed by atoms with Crippen LogP contribution in [0.1, 0.15) is 28.2 Å². The second kappa shape index (κ2) is 5.50. The zero-order valence-electron chi connectivity index (χ0n) is 10.3. The van der Waals surface area contributed by atoms with Gasteiger partial charge >= 0.3 is 0 Å². The molecule has 0 spiro atoms. The van der Waals surface area contributed by atoms with Crippen LogP contribution in [0.3, 0.4) is 0 Å². The molecule has 6 heteroatoms. The molecular weight excluding hydrogens is 282 g/mol. The monoisotopic (exact) mass is 295 g/mol. The summed E-state index contributed by atoms with van der Waals surface area (Å²) in [4.78, 5) is 13.1. The molecular formula is C13H14ClN3OS. The molecule has 1 heterocycles. The van der Waals surface area contributed by atoms with Gasteiger partial charge in [-0.3, -0.25) is 4.79 Å². The highest BCUT2D eigenvalue weighted by atomic mass is 35.5. The van der Waals surface area contributed by atoms with E-state index >= 15 is 0 Å². The topological polar surface area (TPSA) is 81.1 Å². The molecule has 0 aliphatic heterocycles. The average Bonchev–Trinajstić information content (AvgIpc) is 2.75. The van der Waals surface area contributed by atoms with Crippen LogP contribution in [0.2, 0.25) is 4.34 Å². The van der Waals surface area contributed by atoms with Crippen molar-refractivity contribution in [2.75, 3.05) is 11.5 Å². The maximum Gasteiger partial charge on any atom is 0.253 e. The fourth-order valence-electron chi connectivity index (χ4n) is 1.69. The summed E-state index contributed by atoms with van der Waals surface area (Å²) in [6.07, 6.45) is 0. The molecule has 0 radical (unpaired) electrons. The summed E-state index contributed by atoms with van der Waals surface area (Å²) >= 11 is 7.31. The summed E-state index contributed by atoms with van der Waals surface area (Å²) in [7, 11) is 0. The number of amides is 1. The molecule has 1 amide bonds. The molecule has 0 aliphatic carbocycles. The standard InChI is InChI=1S/C13H14ClN3OS/c1-7(11-4-5-12(14)19-11)17-13(18)9-3-2-8(15)6-10(9)16/h2-7H,15-16H2,1H3,(H,17,18). The highest BCUT2D eigenvalue weighted by Crippen LogP contribution is 2.27. The van der Waals surface area contributed by atoms with Crippen LogP contribution in [0, 0.1) is 0 Å². The lowest BCUT2D eigenvalue weighted by molar-refractivity contribution is 0.0941. The average molecular weight is 296 g/mol. The number of rotatable bonds is 3. The van der Waals surface area contributed by atoms with Crippen LogP contribution < -0.4 is 16.8 Å². The van der Waals surface area contributed by atoms with Gasteiger partial charge in [-0.25, -0.2) is 0 Å². The normalized spacial score (nSPS) is 12.1. The minimum absolute atomic E-state index is 0.123. The molecule has 0 saturated heterocycles. The Balaban J connectivity index is 2.12. The molecule has 1 aromatic carbocycles. The maximum atomic E-state index is 12.1. The fraction of sp³-hybridized carbons (Fsp3) is 0.154. The van der Waals surface area contributed by atoms with E-state index in [0.29, 0.717) is 21.3 Å². The molecule has 0 bridgehead atoms. The van der Waals surface area contributed by atoms with Crippen molar-refractivity contribution < 1.29 is 4.79 Å². The quantitative estimate of drug-likeness (QED) is 0.761. The van der Waals surface area contributed by atoms with E-state index < -0.39 is 0 Å². The first-order valence-electron chi connectivity index (χ1n) is 5.68. The molecule has 4 nitrogen and oxygen atoms in total. The zero-order chi connectivity index (χ0) is 14.0. The third-order valence-electron chi connectivity index (χ3n) is 2.69. The van der Waals surface area contributed by atoms with E-state index in [1.807, 2.05) is 19.1 Å². The number of anilines is 2. The van der Waals surface area contributed by atoms with E-state index in [1.54, 1.807) is 18.2 Å². The molecule has 0 fully saturated rings. The van der Waals surface area contributed by atoms with E-state index in [-0.39, 0.29) is 11.9 Å². The van der Waals surface area contributed by atoms with Crippen molar-refractivity contribution >= 4 is 40.2 Å². The van der Waals surface area contributed by atoms with Crippen molar-refractivity contribution in [3.8, 4) is 0 Å². The number of benzene rings is 1. The van der Waals surface area contributed by atoms with Gasteiger partial charge < -0.3 is 16.8 Å². The lowest BCUT2D eigenvalue weighted by Crippen LogP contribution is -2.26. The van der Waals surface area contributed by atoms with Crippen LogP contribution >= 0.6 is 22.9 Å². The van der Waals surface area contributed by atoms with E-state index in [0.717, 1.165) is 4.88 Å². The lowest BCUT2D eigenvalue weighted by atomic mass is 10.1. The SMILES string of the molecule is CC(NC(=O)c1ccc(N)cc1N)c1ccc(Cl)s1. The van der Waals surface area contributed by atoms with Gasteiger partial charge in [0.1, 0.15) is 0 Å². The Morgan fingerprint density at radius 2 is 2.05 bits per heavy atom. The lowest BCUT2D eigenvalue weighted by Gasteiger charge is -2.13. The number of carbonyl (C=O) groups is 1. The van der Waals surface area contributed by atoms with Crippen molar-refractivity contribution in [2.24, 2.45) is 0 Å². The van der Waals surface area contributed by atoms with Gasteiger partial charge in [0, 0.05) is 16.3 Å². The number of halogens is 1. The maximum absolute atomic E-state index is 12.1. The number of carbonyl (C=O) groups excluding carboxylic acids is 1. The first-order chi connectivity index (χ1) is 8.97. The van der Waals surface area contributed by atoms with Crippen molar-refractivity contribution in [3.05, 3.63) is 45.1 Å². The van der Waals surface area contributed by atoms with Gasteiger partial charge in [-0.1, -0.05) is 11.6 Å². The Labute approximate surface area is 120 Å². The Morgan fingerprint density at radius 3 is 2.63 bits per heavy atom. The molecule has 1 atom stereocenters. The van der Waals surface area contributed by atoms with Crippen LogP contribution in [-0.4, -0.2) is 5.91 Å². The van der Waals surface area contributed by atoms with Crippen molar-refractivity contribution in [1.82, 2.24) is 5.32 Å². The van der Waals surface area contributed by atoms with Crippen molar-refractivity contribution in [2.45, 2.75) is 13.0 Å². The Hall–Kier alpha value is -1.72. The smallest absolute Gasteiger partial charge is 0.253 e. The second-order valence-corrected chi connectivity index (χ2v) is 5.93. The largest absolute Gasteiger partial charge is 0.399 e. The molecule has 1 aromatic heterocycles. The third kappa shape index (κ3) is 3.19. The zero-order valence-corrected chi connectivity index (χ0v) is 11.9. The number of thiophene rings is 1. The fourth-order valence-corrected chi connectivity index (χ4v) is 2.76. The molecule has 1 unspecified atom stereocenters. The summed E-state index contributed by atoms with van der Waals surface area (Å²) in [5.74, 6) is -0.227. The van der Waals surface area contributed by atoms with Gasteiger partial charge in [-0.15, -0.1) is 11.3 Å². The summed E-state index contributed by atoms with van der Waals surface area (Å²) in [5.41, 5.74) is 12.7. The third-order valence-corrected chi connectivity index (χ3v) is 4.10. The predicted molar refractivity (Wildman–Crippen MR) is 80.5 cm³/mol. The number of nitrogens with two attached hydrogens (primary N) is 2. The first kappa shape index (κ1) is 13.7. The highest BCUT2D eigenvalue weighted by Gasteiger charge is 2.15. The van der Waals surface area contributed by atoms with Gasteiger partial charge in [0.15, 0.2) is 0 Å². The molecule has 2 rings (SSSR count). The summed E-state index contributed by atoms with van der Waals surface area (Å²) in [6, 6.07) is 8.42. The Morgan fingerprint density at radius 1 is 1.32 bits per heavy atom. The van der Waals surface area contributed by atoms with Crippen LogP contribution in [0.25, 0.3) is 0 Å². The summed E-state index contributed by atoms with van der Waals surface area (Å²) in [5, 5.41) is 2.88. The van der Waals surface area contributed by atoms with Gasteiger partial charge in [0.2, 0.25) is 0 Å². The number of hydrogen-bond acceptors (Lipinski definition) is 4. The van der Waals surface area contributed by atoms with Gasteiger partial charge in [0.25, 0.3) is 5.91 Å². The second-order valence-electron chi connectivity index (χ2n) is 4.18. The Kier molecular flexibility index (Phi) is 3.97. The minimum atomic E-state index is -0.227. The van der Waals surface area contributed by atoms with Crippen molar-refractivity contribution in [1.29, 1.82) is 0 Å². The Bertz CT molecular complexity index is 612. The van der Waals surface area contributed by atoms with Gasteiger partial charge in [-0.2, -0.15) is 0 Å². The number of hydrogen-bond donors (Lipinski definition) is 3. The van der Waals surface area contributed by atoms with Gasteiger partial charge in [0.05, 0.1) is 15.9 Å². The molecule has 5 N–H and O–H groups in total. The molecule has 19 heavy (non-hydrogen) atoms. The predicted octanol–water partition coefficient (Wildman–Crippen LogP) is 3.06. The van der Waals surface area contributed by atoms with E-state index in [1.165, 1.54) is 11.3 Å². The first-order valence-corrected chi connectivity index (χ1v) is 6.88. The van der Waals surface area contributed by atoms with E-state index in [4.69, 9.17) is 23.1 Å².